The highest BCUT2D eigenvalue weighted by atomic mass is 16.7. The van der Waals surface area contributed by atoms with Crippen LogP contribution >= 0.6 is 0 Å². The zero-order chi connectivity index (χ0) is 21.8. The van der Waals surface area contributed by atoms with Gasteiger partial charge in [-0.2, -0.15) is 5.10 Å². The van der Waals surface area contributed by atoms with Gasteiger partial charge in [-0.15, -0.1) is 4.73 Å². The number of amides is 1. The molecule has 0 saturated carbocycles. The topological polar surface area (TPSA) is 132 Å². The molecule has 4 aromatic rings. The third kappa shape index (κ3) is 4.27. The van der Waals surface area contributed by atoms with Crippen LogP contribution in [0, 0.1) is 6.92 Å². The monoisotopic (exact) mass is 419 g/mol. The highest BCUT2D eigenvalue weighted by molar-refractivity contribution is 5.83. The molecule has 0 unspecified atom stereocenters. The van der Waals surface area contributed by atoms with Crippen LogP contribution in [0.1, 0.15) is 11.5 Å². The van der Waals surface area contributed by atoms with Crippen molar-refractivity contribution in [1.82, 2.24) is 20.1 Å². The predicted octanol–water partition coefficient (Wildman–Crippen LogP) is 1.64. The molecule has 2 aromatic heterocycles. The number of hydrogen-bond donors (Lipinski definition) is 2. The number of nitrogens with zero attached hydrogens (tertiary/aromatic N) is 4. The zero-order valence-electron chi connectivity index (χ0n) is 16.3. The predicted molar refractivity (Wildman–Crippen MR) is 112 cm³/mol. The number of nitrogens with one attached hydrogen (secondary N) is 1. The molecule has 0 spiro atoms. The van der Waals surface area contributed by atoms with Crippen LogP contribution in [0.25, 0.3) is 22.4 Å². The summed E-state index contributed by atoms with van der Waals surface area (Å²) in [4.78, 5) is 38.2. The second-order valence-electron chi connectivity index (χ2n) is 6.42. The van der Waals surface area contributed by atoms with E-state index in [1.165, 1.54) is 0 Å². The maximum Gasteiger partial charge on any atom is 0.312 e. The Labute approximate surface area is 175 Å². The second-order valence-corrected chi connectivity index (χ2v) is 6.42. The molecule has 0 saturated heterocycles. The van der Waals surface area contributed by atoms with Gasteiger partial charge in [0.05, 0.1) is 17.1 Å². The van der Waals surface area contributed by atoms with E-state index in [1.807, 2.05) is 18.2 Å². The van der Waals surface area contributed by atoms with Crippen LogP contribution in [0.5, 0.6) is 5.95 Å². The lowest BCUT2D eigenvalue weighted by Crippen LogP contribution is -2.35. The van der Waals surface area contributed by atoms with E-state index in [0.717, 1.165) is 10.9 Å². The van der Waals surface area contributed by atoms with Crippen LogP contribution in [0.3, 0.4) is 0 Å². The first-order valence-corrected chi connectivity index (χ1v) is 9.22. The lowest BCUT2D eigenvalue weighted by atomic mass is 10.2. The number of rotatable bonds is 6. The number of benzene rings is 2. The van der Waals surface area contributed by atoms with Crippen molar-refractivity contribution in [2.45, 2.75) is 6.92 Å². The van der Waals surface area contributed by atoms with Gasteiger partial charge in [0.25, 0.3) is 11.5 Å². The molecule has 4 rings (SSSR count). The van der Waals surface area contributed by atoms with Gasteiger partial charge in [-0.25, -0.2) is 15.4 Å². The summed E-state index contributed by atoms with van der Waals surface area (Å²) in [5.74, 6) is -0.534. The number of aryl methyl sites for hydroxylation is 1. The van der Waals surface area contributed by atoms with Gasteiger partial charge in [-0.05, 0) is 31.2 Å². The fourth-order valence-electron chi connectivity index (χ4n) is 2.81. The Kier molecular flexibility index (Phi) is 5.43. The number of carbonyl (C=O) groups is 1. The number of hydrazone groups is 1. The molecule has 2 aromatic carbocycles. The van der Waals surface area contributed by atoms with Gasteiger partial charge in [0.15, 0.2) is 12.3 Å². The van der Waals surface area contributed by atoms with Crippen molar-refractivity contribution in [3.8, 4) is 17.4 Å². The number of oxazole rings is 1. The molecule has 0 bridgehead atoms. The van der Waals surface area contributed by atoms with Crippen molar-refractivity contribution in [2.75, 3.05) is 6.61 Å². The normalized spacial score (nSPS) is 11.1. The van der Waals surface area contributed by atoms with Crippen LogP contribution < -0.4 is 15.8 Å². The summed E-state index contributed by atoms with van der Waals surface area (Å²) in [7, 11) is 0. The highest BCUT2D eigenvalue weighted by Gasteiger charge is 2.13. The number of carbonyl (C=O) groups excluding carboxylic acids is 1. The molecule has 0 atom stereocenters. The summed E-state index contributed by atoms with van der Waals surface area (Å²) < 4.78 is 6.16. The standard InChI is InChI=1S/C21H17N5O5/c1-13-23-16-10-6-5-9-15(16)20(28)26(13)30-12-18(27)25-22-11-17-21(29)31-19(24-17)14-7-3-2-4-8-14/h2-11,29H,12H2,1H3,(H,25,27). The Morgan fingerprint density at radius 2 is 1.94 bits per heavy atom. The van der Waals surface area contributed by atoms with Crippen LogP contribution in [0.4, 0.5) is 0 Å². The first-order valence-electron chi connectivity index (χ1n) is 9.22. The van der Waals surface area contributed by atoms with Crippen LogP contribution in [0.15, 0.2) is 68.9 Å². The van der Waals surface area contributed by atoms with E-state index in [2.05, 4.69) is 20.5 Å². The molecule has 0 aliphatic carbocycles. The van der Waals surface area contributed by atoms with Gasteiger partial charge in [-0.3, -0.25) is 9.59 Å². The Bertz CT molecular complexity index is 1330. The molecule has 2 heterocycles. The van der Waals surface area contributed by atoms with Crippen LogP contribution in [-0.2, 0) is 4.79 Å². The molecule has 0 radical (unpaired) electrons. The van der Waals surface area contributed by atoms with E-state index >= 15 is 0 Å². The lowest BCUT2D eigenvalue weighted by Gasteiger charge is -2.10. The van der Waals surface area contributed by atoms with E-state index in [-0.39, 0.29) is 11.6 Å². The van der Waals surface area contributed by atoms with Crippen molar-refractivity contribution in [3.05, 3.63) is 76.5 Å². The molecule has 31 heavy (non-hydrogen) atoms. The quantitative estimate of drug-likeness (QED) is 0.359. The molecule has 10 nitrogen and oxygen atoms in total. The smallest absolute Gasteiger partial charge is 0.312 e. The Morgan fingerprint density at radius 3 is 2.74 bits per heavy atom. The van der Waals surface area contributed by atoms with Gasteiger partial charge < -0.3 is 14.4 Å². The third-order valence-electron chi connectivity index (χ3n) is 4.25. The molecule has 2 N–H and O–H groups in total. The Hall–Kier alpha value is -4.47. The SMILES string of the molecule is Cc1nc2ccccc2c(=O)n1OCC(=O)NN=Cc1nc(-c2ccccc2)oc1O. The fraction of sp³-hybridized carbons (Fsp3) is 0.0952. The first-order chi connectivity index (χ1) is 15.0. The van der Waals surface area contributed by atoms with Gasteiger partial charge in [0.2, 0.25) is 5.89 Å². The number of para-hydroxylation sites is 1. The number of hydrogen-bond acceptors (Lipinski definition) is 8. The molecule has 0 aliphatic heterocycles. The summed E-state index contributed by atoms with van der Waals surface area (Å²) in [5, 5.41) is 14.0. The average Bonchev–Trinajstić information content (AvgIpc) is 3.15. The molecule has 0 aliphatic rings. The van der Waals surface area contributed by atoms with Crippen LogP contribution in [-0.4, -0.2) is 38.5 Å². The number of fused-ring (bicyclic) bond motifs is 1. The van der Waals surface area contributed by atoms with Crippen molar-refractivity contribution in [1.29, 1.82) is 0 Å². The summed E-state index contributed by atoms with van der Waals surface area (Å²) in [6.45, 7) is 1.12. The van der Waals surface area contributed by atoms with Crippen molar-refractivity contribution >= 4 is 23.0 Å². The van der Waals surface area contributed by atoms with E-state index < -0.39 is 24.0 Å². The van der Waals surface area contributed by atoms with E-state index in [0.29, 0.717) is 22.3 Å². The summed E-state index contributed by atoms with van der Waals surface area (Å²) in [6, 6.07) is 15.9. The maximum atomic E-state index is 12.5. The Balaban J connectivity index is 1.39. The highest BCUT2D eigenvalue weighted by Crippen LogP contribution is 2.24. The molecule has 1 amide bonds. The zero-order valence-corrected chi connectivity index (χ0v) is 16.3. The minimum Gasteiger partial charge on any atom is -0.479 e. The maximum absolute atomic E-state index is 12.5. The van der Waals surface area contributed by atoms with Crippen LogP contribution in [0.2, 0.25) is 0 Å². The third-order valence-corrected chi connectivity index (χ3v) is 4.25. The minimum absolute atomic E-state index is 0.0471. The molecule has 10 heteroatoms. The number of aromatic hydroxyl groups is 1. The average molecular weight is 419 g/mol. The second kappa shape index (κ2) is 8.49. The summed E-state index contributed by atoms with van der Waals surface area (Å²) in [6.07, 6.45) is 1.14. The van der Waals surface area contributed by atoms with Crippen molar-refractivity contribution < 1.29 is 19.2 Å². The summed E-state index contributed by atoms with van der Waals surface area (Å²) >= 11 is 0. The Morgan fingerprint density at radius 1 is 1.19 bits per heavy atom. The van der Waals surface area contributed by atoms with E-state index in [1.54, 1.807) is 43.3 Å². The van der Waals surface area contributed by atoms with Gasteiger partial charge in [-0.1, -0.05) is 30.3 Å². The lowest BCUT2D eigenvalue weighted by molar-refractivity contribution is -0.126. The molecule has 156 valence electrons. The van der Waals surface area contributed by atoms with Crippen molar-refractivity contribution in [3.63, 3.8) is 0 Å². The fourth-order valence-corrected chi connectivity index (χ4v) is 2.81. The largest absolute Gasteiger partial charge is 0.479 e. The molecular weight excluding hydrogens is 402 g/mol. The van der Waals surface area contributed by atoms with Gasteiger partial charge >= 0.3 is 5.95 Å². The molecule has 0 fully saturated rings. The number of aromatic nitrogens is 3. The van der Waals surface area contributed by atoms with Gasteiger partial charge in [0.1, 0.15) is 5.82 Å². The summed E-state index contributed by atoms with van der Waals surface area (Å²) in [5.41, 5.74) is 3.08. The van der Waals surface area contributed by atoms with Crippen molar-refractivity contribution in [2.24, 2.45) is 5.10 Å². The minimum atomic E-state index is -0.623. The van der Waals surface area contributed by atoms with Gasteiger partial charge in [0, 0.05) is 5.56 Å². The van der Waals surface area contributed by atoms with E-state index in [4.69, 9.17) is 9.25 Å². The molecular formula is C21H17N5O5. The first kappa shape index (κ1) is 19.8. The van der Waals surface area contributed by atoms with E-state index in [9.17, 15) is 14.7 Å².